The van der Waals surface area contributed by atoms with Crippen LogP contribution in [0.5, 0.6) is 5.75 Å². The van der Waals surface area contributed by atoms with Gasteiger partial charge in [0, 0.05) is 31.9 Å². The first-order chi connectivity index (χ1) is 15.0. The lowest BCUT2D eigenvalue weighted by Gasteiger charge is -2.34. The van der Waals surface area contributed by atoms with E-state index < -0.39 is 5.82 Å². The lowest BCUT2D eigenvalue weighted by Crippen LogP contribution is -2.50. The van der Waals surface area contributed by atoms with E-state index in [4.69, 9.17) is 16.3 Å². The summed E-state index contributed by atoms with van der Waals surface area (Å²) in [5.41, 5.74) is 1.96. The molecule has 1 heterocycles. The second-order valence-electron chi connectivity index (χ2n) is 7.39. The van der Waals surface area contributed by atoms with Crippen LogP contribution in [0.2, 0.25) is 5.02 Å². The molecule has 0 aromatic heterocycles. The average Bonchev–Trinajstić information content (AvgIpc) is 2.76. The third kappa shape index (κ3) is 6.67. The maximum absolute atomic E-state index is 13.1. The van der Waals surface area contributed by atoms with Crippen molar-refractivity contribution in [3.8, 4) is 5.75 Å². The molecule has 1 saturated heterocycles. The van der Waals surface area contributed by atoms with Crippen molar-refractivity contribution in [2.75, 3.05) is 44.6 Å². The third-order valence-corrected chi connectivity index (χ3v) is 5.53. The van der Waals surface area contributed by atoms with Crippen molar-refractivity contribution in [2.24, 2.45) is 0 Å². The molecule has 0 unspecified atom stereocenters. The van der Waals surface area contributed by atoms with Crippen molar-refractivity contribution in [1.82, 2.24) is 9.80 Å². The third-order valence-electron chi connectivity index (χ3n) is 5.23. The summed E-state index contributed by atoms with van der Waals surface area (Å²) in [5, 5.41) is 3.16. The maximum atomic E-state index is 13.1. The Bertz CT molecular complexity index is 917. The van der Waals surface area contributed by atoms with Crippen molar-refractivity contribution in [1.29, 1.82) is 0 Å². The second kappa shape index (κ2) is 11.1. The fourth-order valence-corrected chi connectivity index (χ4v) is 3.72. The molecule has 8 heteroatoms. The number of hydrogen-bond acceptors (Lipinski definition) is 4. The monoisotopic (exact) mass is 447 g/mol. The zero-order valence-electron chi connectivity index (χ0n) is 17.6. The summed E-state index contributed by atoms with van der Waals surface area (Å²) in [7, 11) is 0. The molecule has 1 aliphatic heterocycles. The van der Waals surface area contributed by atoms with Gasteiger partial charge in [0.05, 0.1) is 24.6 Å². The van der Waals surface area contributed by atoms with Gasteiger partial charge in [-0.15, -0.1) is 0 Å². The van der Waals surface area contributed by atoms with Gasteiger partial charge in [-0.1, -0.05) is 36.7 Å². The summed E-state index contributed by atoms with van der Waals surface area (Å²) >= 11 is 5.92. The van der Waals surface area contributed by atoms with Gasteiger partial charge in [0.15, 0.2) is 0 Å². The Morgan fingerprint density at radius 1 is 1.13 bits per heavy atom. The Morgan fingerprint density at radius 2 is 1.87 bits per heavy atom. The Kier molecular flexibility index (Phi) is 8.26. The van der Waals surface area contributed by atoms with Crippen LogP contribution in [-0.4, -0.2) is 60.9 Å². The Hall–Kier alpha value is -2.64. The number of halogens is 2. The summed E-state index contributed by atoms with van der Waals surface area (Å²) in [4.78, 5) is 28.6. The molecular formula is C23H27ClFN3O3. The zero-order valence-corrected chi connectivity index (χ0v) is 18.3. The number of piperazine rings is 1. The van der Waals surface area contributed by atoms with Gasteiger partial charge >= 0.3 is 0 Å². The minimum Gasteiger partial charge on any atom is -0.491 e. The van der Waals surface area contributed by atoms with Crippen molar-refractivity contribution < 1.29 is 18.7 Å². The highest BCUT2D eigenvalue weighted by Crippen LogP contribution is 2.25. The van der Waals surface area contributed by atoms with Crippen LogP contribution in [-0.2, 0) is 16.0 Å². The predicted octanol–water partition coefficient (Wildman–Crippen LogP) is 3.59. The molecule has 6 nitrogen and oxygen atoms in total. The minimum atomic E-state index is -0.436. The molecule has 0 bridgehead atoms. The minimum absolute atomic E-state index is 0.0146. The molecule has 1 aliphatic rings. The number of anilines is 1. The highest BCUT2D eigenvalue weighted by Gasteiger charge is 2.22. The van der Waals surface area contributed by atoms with E-state index in [9.17, 15) is 14.0 Å². The highest BCUT2D eigenvalue weighted by atomic mass is 35.5. The smallest absolute Gasteiger partial charge is 0.238 e. The molecule has 2 amide bonds. The van der Waals surface area contributed by atoms with Gasteiger partial charge in [0.25, 0.3) is 0 Å². The zero-order chi connectivity index (χ0) is 22.2. The fourth-order valence-electron chi connectivity index (χ4n) is 3.50. The molecule has 2 aromatic carbocycles. The van der Waals surface area contributed by atoms with Crippen molar-refractivity contribution >= 4 is 29.1 Å². The number of ether oxygens (including phenoxy) is 1. The SMILES string of the molecule is CCc1ccccc1NC(=O)CN1CCN(C(=O)CCOc2ccc(F)cc2Cl)CC1. The molecule has 0 atom stereocenters. The van der Waals surface area contributed by atoms with Crippen LogP contribution in [0.4, 0.5) is 10.1 Å². The number of aryl methyl sites for hydroxylation is 1. The number of carbonyl (C=O) groups is 2. The van der Waals surface area contributed by atoms with Gasteiger partial charge in [-0.25, -0.2) is 4.39 Å². The van der Waals surface area contributed by atoms with Crippen LogP contribution in [0.1, 0.15) is 18.9 Å². The summed E-state index contributed by atoms with van der Waals surface area (Å²) in [6, 6.07) is 11.7. The number of amides is 2. The van der Waals surface area contributed by atoms with Crippen LogP contribution in [0.3, 0.4) is 0 Å². The van der Waals surface area contributed by atoms with Gasteiger partial charge in [0.2, 0.25) is 11.8 Å². The van der Waals surface area contributed by atoms with Crippen LogP contribution in [0, 0.1) is 5.82 Å². The van der Waals surface area contributed by atoms with E-state index in [2.05, 4.69) is 12.2 Å². The van der Waals surface area contributed by atoms with E-state index >= 15 is 0 Å². The molecular weight excluding hydrogens is 421 g/mol. The van der Waals surface area contributed by atoms with Gasteiger partial charge in [-0.05, 0) is 36.2 Å². The van der Waals surface area contributed by atoms with Gasteiger partial charge in [-0.2, -0.15) is 0 Å². The standard InChI is InChI=1S/C23H27ClFN3O3/c1-2-17-5-3-4-6-20(17)26-22(29)16-27-10-12-28(13-11-27)23(30)9-14-31-21-8-7-18(25)15-19(21)24/h3-8,15H,2,9-14,16H2,1H3,(H,26,29). The molecule has 1 fully saturated rings. The van der Waals surface area contributed by atoms with Crippen molar-refractivity contribution in [3.63, 3.8) is 0 Å². The highest BCUT2D eigenvalue weighted by molar-refractivity contribution is 6.32. The molecule has 0 radical (unpaired) electrons. The lowest BCUT2D eigenvalue weighted by atomic mass is 10.1. The van der Waals surface area contributed by atoms with Crippen molar-refractivity contribution in [3.05, 3.63) is 58.9 Å². The fraction of sp³-hybridized carbons (Fsp3) is 0.391. The van der Waals surface area contributed by atoms with Crippen LogP contribution in [0.15, 0.2) is 42.5 Å². The Morgan fingerprint density at radius 3 is 2.58 bits per heavy atom. The van der Waals surface area contributed by atoms with E-state index in [1.807, 2.05) is 29.2 Å². The molecule has 0 saturated carbocycles. The molecule has 2 aromatic rings. The topological polar surface area (TPSA) is 61.9 Å². The number of nitrogens with one attached hydrogen (secondary N) is 1. The number of rotatable bonds is 8. The molecule has 0 aliphatic carbocycles. The number of carbonyl (C=O) groups excluding carboxylic acids is 2. The summed E-state index contributed by atoms with van der Waals surface area (Å²) in [6.45, 7) is 4.93. The normalized spacial score (nSPS) is 14.4. The van der Waals surface area contributed by atoms with Crippen LogP contribution >= 0.6 is 11.6 Å². The predicted molar refractivity (Wildman–Crippen MR) is 119 cm³/mol. The van der Waals surface area contributed by atoms with Gasteiger partial charge in [-0.3, -0.25) is 14.5 Å². The molecule has 1 N–H and O–H groups in total. The first-order valence-corrected chi connectivity index (χ1v) is 10.8. The average molecular weight is 448 g/mol. The number of hydrogen-bond donors (Lipinski definition) is 1. The molecule has 0 spiro atoms. The van der Waals surface area contributed by atoms with E-state index in [0.717, 1.165) is 17.7 Å². The summed E-state index contributed by atoms with van der Waals surface area (Å²) in [6.07, 6.45) is 1.07. The van der Waals surface area contributed by atoms with Gasteiger partial charge < -0.3 is 15.0 Å². The second-order valence-corrected chi connectivity index (χ2v) is 7.80. The molecule has 31 heavy (non-hydrogen) atoms. The first-order valence-electron chi connectivity index (χ1n) is 10.4. The Balaban J connectivity index is 1.38. The lowest BCUT2D eigenvalue weighted by molar-refractivity contribution is -0.133. The number of para-hydroxylation sites is 1. The van der Waals surface area contributed by atoms with Crippen molar-refractivity contribution in [2.45, 2.75) is 19.8 Å². The molecule has 166 valence electrons. The largest absolute Gasteiger partial charge is 0.491 e. The van der Waals surface area contributed by atoms with E-state index in [0.29, 0.717) is 38.5 Å². The summed E-state index contributed by atoms with van der Waals surface area (Å²) in [5.74, 6) is -0.143. The van der Waals surface area contributed by atoms with Crippen LogP contribution < -0.4 is 10.1 Å². The van der Waals surface area contributed by atoms with E-state index in [-0.39, 0.29) is 29.9 Å². The first kappa shape index (κ1) is 23.0. The summed E-state index contributed by atoms with van der Waals surface area (Å²) < 4.78 is 18.6. The maximum Gasteiger partial charge on any atom is 0.238 e. The van der Waals surface area contributed by atoms with E-state index in [1.165, 1.54) is 18.2 Å². The van der Waals surface area contributed by atoms with Gasteiger partial charge in [0.1, 0.15) is 11.6 Å². The number of nitrogens with zero attached hydrogens (tertiary/aromatic N) is 2. The quantitative estimate of drug-likeness (QED) is 0.671. The van der Waals surface area contributed by atoms with Crippen LogP contribution in [0.25, 0.3) is 0 Å². The van der Waals surface area contributed by atoms with E-state index in [1.54, 1.807) is 4.90 Å². The molecule has 3 rings (SSSR count). The Labute approximate surface area is 186 Å². The number of benzene rings is 2.